The van der Waals surface area contributed by atoms with Crippen molar-refractivity contribution in [2.24, 2.45) is 5.10 Å². The Labute approximate surface area is 149 Å². The van der Waals surface area contributed by atoms with Crippen LogP contribution in [-0.2, 0) is 11.2 Å². The Morgan fingerprint density at radius 1 is 1.24 bits per heavy atom. The van der Waals surface area contributed by atoms with Gasteiger partial charge in [0.05, 0.1) is 11.2 Å². The first-order chi connectivity index (χ1) is 12.1. The van der Waals surface area contributed by atoms with Crippen LogP contribution in [0.1, 0.15) is 24.0 Å². The average molecular weight is 358 g/mol. The maximum atomic E-state index is 13.6. The van der Waals surface area contributed by atoms with Gasteiger partial charge in [-0.2, -0.15) is 5.10 Å². The highest BCUT2D eigenvalue weighted by atomic mass is 35.5. The summed E-state index contributed by atoms with van der Waals surface area (Å²) < 4.78 is 13.6. The molecule has 0 unspecified atom stereocenters. The van der Waals surface area contributed by atoms with Crippen LogP contribution in [0.2, 0.25) is 5.02 Å². The molecule has 3 aromatic rings. The van der Waals surface area contributed by atoms with E-state index in [1.54, 1.807) is 6.07 Å². The van der Waals surface area contributed by atoms with Crippen molar-refractivity contribution in [3.63, 3.8) is 0 Å². The number of hydrazone groups is 1. The van der Waals surface area contributed by atoms with Crippen molar-refractivity contribution in [2.75, 3.05) is 0 Å². The van der Waals surface area contributed by atoms with Gasteiger partial charge in [-0.15, -0.1) is 0 Å². The third-order valence-corrected chi connectivity index (χ3v) is 4.24. The molecule has 0 atom stereocenters. The Hall–Kier alpha value is -2.66. The number of aromatic amines is 1. The molecule has 0 saturated carbocycles. The zero-order chi connectivity index (χ0) is 17.6. The highest BCUT2D eigenvalue weighted by Gasteiger charge is 2.06. The predicted octanol–water partition coefficient (Wildman–Crippen LogP) is 4.43. The zero-order valence-corrected chi connectivity index (χ0v) is 14.2. The number of nitrogens with zero attached hydrogens (tertiary/aromatic N) is 1. The fourth-order valence-corrected chi connectivity index (χ4v) is 2.85. The lowest BCUT2D eigenvalue weighted by atomic mass is 10.1. The summed E-state index contributed by atoms with van der Waals surface area (Å²) >= 11 is 5.89. The summed E-state index contributed by atoms with van der Waals surface area (Å²) in [5.41, 5.74) is 4.83. The Kier molecular flexibility index (Phi) is 5.46. The van der Waals surface area contributed by atoms with E-state index in [1.807, 2.05) is 24.4 Å². The standard InChI is InChI=1S/C19H17ClFN3O/c20-16-7-4-8-17(21)15(16)12-23-24-19(25)10-3-5-13-11-22-18-9-2-1-6-14(13)18/h1-2,4,6-9,11-12,22H,3,5,10H2,(H,24,25). The maximum absolute atomic E-state index is 13.6. The van der Waals surface area contributed by atoms with Gasteiger partial charge >= 0.3 is 0 Å². The van der Waals surface area contributed by atoms with Crippen LogP contribution in [0, 0.1) is 5.82 Å². The summed E-state index contributed by atoms with van der Waals surface area (Å²) in [7, 11) is 0. The molecule has 0 saturated heterocycles. The minimum absolute atomic E-state index is 0.156. The normalized spacial score (nSPS) is 11.3. The second-order valence-corrected chi connectivity index (χ2v) is 6.05. The van der Waals surface area contributed by atoms with Crippen molar-refractivity contribution in [3.8, 4) is 0 Å². The van der Waals surface area contributed by atoms with Gasteiger partial charge in [0.15, 0.2) is 0 Å². The number of halogens is 2. The number of aromatic nitrogens is 1. The van der Waals surface area contributed by atoms with E-state index < -0.39 is 5.82 Å². The average Bonchev–Trinajstić information content (AvgIpc) is 3.01. The molecule has 1 heterocycles. The molecule has 128 valence electrons. The zero-order valence-electron chi connectivity index (χ0n) is 13.4. The fourth-order valence-electron chi connectivity index (χ4n) is 2.64. The van der Waals surface area contributed by atoms with Gasteiger partial charge in [0, 0.05) is 29.1 Å². The number of rotatable bonds is 6. The Morgan fingerprint density at radius 2 is 2.08 bits per heavy atom. The van der Waals surface area contributed by atoms with E-state index in [2.05, 4.69) is 21.6 Å². The van der Waals surface area contributed by atoms with Gasteiger partial charge in [-0.25, -0.2) is 9.82 Å². The van der Waals surface area contributed by atoms with Gasteiger partial charge in [-0.1, -0.05) is 35.9 Å². The molecule has 0 aliphatic carbocycles. The molecular weight excluding hydrogens is 341 g/mol. The molecule has 0 aliphatic rings. The fraction of sp³-hybridized carbons (Fsp3) is 0.158. The molecule has 2 N–H and O–H groups in total. The molecule has 0 fully saturated rings. The molecule has 2 aromatic carbocycles. The summed E-state index contributed by atoms with van der Waals surface area (Å²) in [6.07, 6.45) is 5.02. The number of amides is 1. The molecule has 0 radical (unpaired) electrons. The monoisotopic (exact) mass is 357 g/mol. The first-order valence-electron chi connectivity index (χ1n) is 7.96. The largest absolute Gasteiger partial charge is 0.361 e. The Bertz CT molecular complexity index is 900. The first-order valence-corrected chi connectivity index (χ1v) is 8.34. The second kappa shape index (κ2) is 7.94. The number of para-hydroxylation sites is 1. The van der Waals surface area contributed by atoms with Crippen LogP contribution in [0.25, 0.3) is 10.9 Å². The van der Waals surface area contributed by atoms with E-state index in [1.165, 1.54) is 29.3 Å². The molecule has 6 heteroatoms. The van der Waals surface area contributed by atoms with Crippen molar-refractivity contribution >= 4 is 34.6 Å². The molecule has 0 bridgehead atoms. The van der Waals surface area contributed by atoms with E-state index in [0.29, 0.717) is 12.8 Å². The highest BCUT2D eigenvalue weighted by Crippen LogP contribution is 2.19. The summed E-state index contributed by atoms with van der Waals surface area (Å²) in [4.78, 5) is 15.1. The minimum atomic E-state index is -0.482. The summed E-state index contributed by atoms with van der Waals surface area (Å²) in [6, 6.07) is 12.4. The number of hydrogen-bond donors (Lipinski definition) is 2. The third-order valence-electron chi connectivity index (χ3n) is 3.91. The van der Waals surface area contributed by atoms with Crippen LogP contribution in [0.5, 0.6) is 0 Å². The van der Waals surface area contributed by atoms with Gasteiger partial charge in [0.2, 0.25) is 5.91 Å². The van der Waals surface area contributed by atoms with Crippen molar-refractivity contribution in [2.45, 2.75) is 19.3 Å². The number of carbonyl (C=O) groups is 1. The van der Waals surface area contributed by atoms with E-state index in [4.69, 9.17) is 11.6 Å². The number of nitrogens with one attached hydrogen (secondary N) is 2. The molecule has 4 nitrogen and oxygen atoms in total. The molecule has 3 rings (SSSR count). The van der Waals surface area contributed by atoms with Gasteiger partial charge < -0.3 is 4.98 Å². The third kappa shape index (κ3) is 4.25. The van der Waals surface area contributed by atoms with E-state index in [9.17, 15) is 9.18 Å². The molecule has 25 heavy (non-hydrogen) atoms. The molecule has 1 amide bonds. The van der Waals surface area contributed by atoms with Gasteiger partial charge in [0.25, 0.3) is 0 Å². The lowest BCUT2D eigenvalue weighted by Gasteiger charge is -2.02. The lowest BCUT2D eigenvalue weighted by molar-refractivity contribution is -0.121. The summed E-state index contributed by atoms with van der Waals surface area (Å²) in [5.74, 6) is -0.701. The van der Waals surface area contributed by atoms with Crippen LogP contribution in [-0.4, -0.2) is 17.1 Å². The highest BCUT2D eigenvalue weighted by molar-refractivity contribution is 6.33. The molecular formula is C19H17ClFN3O. The number of hydrogen-bond acceptors (Lipinski definition) is 2. The van der Waals surface area contributed by atoms with Crippen LogP contribution in [0.3, 0.4) is 0 Å². The Balaban J connectivity index is 1.49. The number of carbonyl (C=O) groups excluding carboxylic acids is 1. The summed E-state index contributed by atoms with van der Waals surface area (Å²) in [5, 5.41) is 5.20. The van der Waals surface area contributed by atoms with Gasteiger partial charge in [-0.3, -0.25) is 4.79 Å². The van der Waals surface area contributed by atoms with E-state index in [-0.39, 0.29) is 16.5 Å². The quantitative estimate of drug-likeness (QED) is 0.497. The van der Waals surface area contributed by atoms with Gasteiger partial charge in [0.1, 0.15) is 5.82 Å². The van der Waals surface area contributed by atoms with Crippen LogP contribution < -0.4 is 5.43 Å². The molecule has 0 spiro atoms. The van der Waals surface area contributed by atoms with Crippen molar-refractivity contribution in [1.29, 1.82) is 0 Å². The summed E-state index contributed by atoms with van der Waals surface area (Å²) in [6.45, 7) is 0. The molecule has 1 aromatic heterocycles. The number of aryl methyl sites for hydroxylation is 1. The topological polar surface area (TPSA) is 57.2 Å². The van der Waals surface area contributed by atoms with Crippen molar-refractivity contribution in [3.05, 3.63) is 70.6 Å². The maximum Gasteiger partial charge on any atom is 0.240 e. The van der Waals surface area contributed by atoms with Crippen LogP contribution in [0.4, 0.5) is 4.39 Å². The van der Waals surface area contributed by atoms with Crippen molar-refractivity contribution < 1.29 is 9.18 Å². The van der Waals surface area contributed by atoms with Crippen LogP contribution in [0.15, 0.2) is 53.8 Å². The van der Waals surface area contributed by atoms with E-state index >= 15 is 0 Å². The number of fused-ring (bicyclic) bond motifs is 1. The first kappa shape index (κ1) is 17.2. The predicted molar refractivity (Wildman–Crippen MR) is 98.4 cm³/mol. The van der Waals surface area contributed by atoms with Gasteiger partial charge in [-0.05, 0) is 36.6 Å². The second-order valence-electron chi connectivity index (χ2n) is 5.64. The minimum Gasteiger partial charge on any atom is -0.361 e. The van der Waals surface area contributed by atoms with Crippen LogP contribution >= 0.6 is 11.6 Å². The number of H-pyrrole nitrogens is 1. The Morgan fingerprint density at radius 3 is 2.92 bits per heavy atom. The number of benzene rings is 2. The lowest BCUT2D eigenvalue weighted by Crippen LogP contribution is -2.17. The van der Waals surface area contributed by atoms with E-state index in [0.717, 1.165) is 11.9 Å². The molecule has 0 aliphatic heterocycles. The smallest absolute Gasteiger partial charge is 0.240 e. The van der Waals surface area contributed by atoms with Crippen molar-refractivity contribution in [1.82, 2.24) is 10.4 Å². The SMILES string of the molecule is O=C(CCCc1c[nH]c2ccccc12)NN=Cc1c(F)cccc1Cl.